The van der Waals surface area contributed by atoms with Crippen LogP contribution in [0.4, 0.5) is 10.8 Å². The number of carbonyl (C=O) groups is 1. The molecule has 1 aliphatic rings. The normalized spacial score (nSPS) is 19.0. The molecule has 1 amide bonds. The summed E-state index contributed by atoms with van der Waals surface area (Å²) in [5, 5.41) is 10.7. The molecule has 146 valence electrons. The van der Waals surface area contributed by atoms with E-state index < -0.39 is 0 Å². The van der Waals surface area contributed by atoms with Gasteiger partial charge in [-0.1, -0.05) is 36.5 Å². The summed E-state index contributed by atoms with van der Waals surface area (Å²) in [5.74, 6) is 0.477. The average Bonchev–Trinajstić information content (AvgIpc) is 3.16. The maximum atomic E-state index is 12.5. The molecule has 27 heavy (non-hydrogen) atoms. The number of nitrogens with one attached hydrogen (secondary N) is 3. The first-order valence-corrected chi connectivity index (χ1v) is 10.1. The van der Waals surface area contributed by atoms with Crippen molar-refractivity contribution in [2.45, 2.75) is 19.4 Å². The molecule has 2 unspecified atom stereocenters. The Morgan fingerprint density at radius 3 is 2.70 bits per heavy atom. The maximum absolute atomic E-state index is 12.5. The SMILES string of the molecule is CC1CNCCC1NC(=O)c1cc2sc(Nc3ccccc3)nc2s1.Cl.Cl. The Kier molecular flexibility index (Phi) is 7.88. The van der Waals surface area contributed by atoms with Gasteiger partial charge in [-0.05, 0) is 43.6 Å². The summed E-state index contributed by atoms with van der Waals surface area (Å²) in [4.78, 5) is 18.8. The first kappa shape index (κ1) is 21.9. The second-order valence-corrected chi connectivity index (χ2v) is 8.40. The number of nitrogens with zero attached hydrogens (tertiary/aromatic N) is 1. The van der Waals surface area contributed by atoms with E-state index >= 15 is 0 Å². The number of thiazole rings is 1. The van der Waals surface area contributed by atoms with Gasteiger partial charge in [0.05, 0.1) is 9.58 Å². The molecule has 4 rings (SSSR count). The van der Waals surface area contributed by atoms with Crippen molar-refractivity contribution < 1.29 is 4.79 Å². The van der Waals surface area contributed by atoms with Gasteiger partial charge >= 0.3 is 0 Å². The highest BCUT2D eigenvalue weighted by Gasteiger charge is 2.24. The maximum Gasteiger partial charge on any atom is 0.261 e. The van der Waals surface area contributed by atoms with Crippen molar-refractivity contribution in [3.63, 3.8) is 0 Å². The average molecular weight is 445 g/mol. The Labute approximate surface area is 178 Å². The van der Waals surface area contributed by atoms with E-state index in [4.69, 9.17) is 0 Å². The van der Waals surface area contributed by atoms with E-state index in [1.807, 2.05) is 36.4 Å². The zero-order valence-electron chi connectivity index (χ0n) is 14.7. The molecule has 2 atom stereocenters. The van der Waals surface area contributed by atoms with E-state index in [-0.39, 0.29) is 36.8 Å². The minimum Gasteiger partial charge on any atom is -0.348 e. The molecule has 1 aromatic carbocycles. The minimum atomic E-state index is 0. The molecule has 3 heterocycles. The molecular weight excluding hydrogens is 423 g/mol. The number of hydrogen-bond acceptors (Lipinski definition) is 6. The van der Waals surface area contributed by atoms with Crippen molar-refractivity contribution in [2.24, 2.45) is 5.92 Å². The van der Waals surface area contributed by atoms with Gasteiger partial charge in [0, 0.05) is 11.7 Å². The standard InChI is InChI=1S/C18H20N4OS2.2ClH/c1-11-10-19-8-7-13(11)21-16(23)14-9-15-17(24-14)22-18(25-15)20-12-5-3-2-4-6-12;;/h2-6,9,11,13,19H,7-8,10H2,1H3,(H,20,22)(H,21,23);2*1H. The summed E-state index contributed by atoms with van der Waals surface area (Å²) >= 11 is 3.03. The van der Waals surface area contributed by atoms with Crippen LogP contribution in [0, 0.1) is 5.92 Å². The molecule has 0 bridgehead atoms. The lowest BCUT2D eigenvalue weighted by Gasteiger charge is -2.30. The van der Waals surface area contributed by atoms with E-state index in [1.165, 1.54) is 11.3 Å². The monoisotopic (exact) mass is 444 g/mol. The van der Waals surface area contributed by atoms with E-state index in [0.29, 0.717) is 5.92 Å². The Balaban J connectivity index is 0.00000131. The van der Waals surface area contributed by atoms with Crippen LogP contribution in [0.5, 0.6) is 0 Å². The highest BCUT2D eigenvalue weighted by molar-refractivity contribution is 7.29. The second-order valence-electron chi connectivity index (χ2n) is 6.34. The number of benzene rings is 1. The molecule has 0 aliphatic carbocycles. The fraction of sp³-hybridized carbons (Fsp3) is 0.333. The van der Waals surface area contributed by atoms with Crippen LogP contribution in [0.15, 0.2) is 36.4 Å². The number of thiophene rings is 1. The van der Waals surface area contributed by atoms with Gasteiger partial charge in [-0.3, -0.25) is 4.79 Å². The van der Waals surface area contributed by atoms with E-state index in [9.17, 15) is 4.79 Å². The molecule has 5 nitrogen and oxygen atoms in total. The molecular formula is C18H22Cl2N4OS2. The number of rotatable bonds is 4. The smallest absolute Gasteiger partial charge is 0.261 e. The van der Waals surface area contributed by atoms with Gasteiger partial charge in [-0.15, -0.1) is 36.2 Å². The van der Waals surface area contributed by atoms with Gasteiger partial charge in [0.25, 0.3) is 5.91 Å². The molecule has 0 radical (unpaired) electrons. The predicted molar refractivity (Wildman–Crippen MR) is 120 cm³/mol. The van der Waals surface area contributed by atoms with Gasteiger partial charge < -0.3 is 16.0 Å². The lowest BCUT2D eigenvalue weighted by atomic mass is 9.95. The van der Waals surface area contributed by atoms with Gasteiger partial charge in [0.15, 0.2) is 5.13 Å². The fourth-order valence-electron chi connectivity index (χ4n) is 3.01. The van der Waals surface area contributed by atoms with Crippen molar-refractivity contribution in [2.75, 3.05) is 18.4 Å². The molecule has 0 saturated carbocycles. The third-order valence-corrected chi connectivity index (χ3v) is 6.51. The van der Waals surface area contributed by atoms with Crippen LogP contribution in [-0.4, -0.2) is 30.0 Å². The van der Waals surface area contributed by atoms with E-state index in [1.54, 1.807) is 11.3 Å². The Bertz CT molecular complexity index is 853. The number of piperidine rings is 1. The van der Waals surface area contributed by atoms with Gasteiger partial charge in [0.1, 0.15) is 4.83 Å². The first-order valence-electron chi connectivity index (χ1n) is 8.43. The Morgan fingerprint density at radius 2 is 2.00 bits per heavy atom. The van der Waals surface area contributed by atoms with Crippen LogP contribution >= 0.6 is 47.5 Å². The molecule has 2 aromatic heterocycles. The zero-order chi connectivity index (χ0) is 17.2. The lowest BCUT2D eigenvalue weighted by molar-refractivity contribution is 0.0918. The van der Waals surface area contributed by atoms with E-state index in [0.717, 1.165) is 44.7 Å². The van der Waals surface area contributed by atoms with Crippen LogP contribution in [0.2, 0.25) is 0 Å². The number of fused-ring (bicyclic) bond motifs is 1. The van der Waals surface area contributed by atoms with Crippen molar-refractivity contribution in [3.05, 3.63) is 41.3 Å². The largest absolute Gasteiger partial charge is 0.348 e. The highest BCUT2D eigenvalue weighted by Crippen LogP contribution is 2.34. The minimum absolute atomic E-state index is 0. The number of anilines is 2. The fourth-order valence-corrected chi connectivity index (χ4v) is 5.05. The molecule has 1 aliphatic heterocycles. The van der Waals surface area contributed by atoms with E-state index in [2.05, 4.69) is 27.9 Å². The van der Waals surface area contributed by atoms with Crippen LogP contribution < -0.4 is 16.0 Å². The number of hydrogen-bond donors (Lipinski definition) is 3. The van der Waals surface area contributed by atoms with Gasteiger partial charge in [-0.2, -0.15) is 0 Å². The van der Waals surface area contributed by atoms with Crippen molar-refractivity contribution >= 4 is 73.7 Å². The number of aromatic nitrogens is 1. The number of carbonyl (C=O) groups excluding carboxylic acids is 1. The summed E-state index contributed by atoms with van der Waals surface area (Å²) < 4.78 is 1.05. The summed E-state index contributed by atoms with van der Waals surface area (Å²) in [6, 6.07) is 12.2. The zero-order valence-corrected chi connectivity index (χ0v) is 18.0. The van der Waals surface area contributed by atoms with Gasteiger partial charge in [-0.25, -0.2) is 4.98 Å². The summed E-state index contributed by atoms with van der Waals surface area (Å²) in [6.45, 7) is 4.10. The predicted octanol–water partition coefficient (Wildman–Crippen LogP) is 4.67. The molecule has 0 spiro atoms. The molecule has 9 heteroatoms. The summed E-state index contributed by atoms with van der Waals surface area (Å²) in [5.41, 5.74) is 1.02. The molecule has 3 N–H and O–H groups in total. The number of para-hydroxylation sites is 1. The number of amides is 1. The number of halogens is 2. The van der Waals surface area contributed by atoms with Crippen molar-refractivity contribution in [3.8, 4) is 0 Å². The highest BCUT2D eigenvalue weighted by atomic mass is 35.5. The van der Waals surface area contributed by atoms with Crippen molar-refractivity contribution in [1.82, 2.24) is 15.6 Å². The molecule has 1 fully saturated rings. The summed E-state index contributed by atoms with van der Waals surface area (Å²) in [6.07, 6.45) is 0.982. The van der Waals surface area contributed by atoms with Crippen molar-refractivity contribution in [1.29, 1.82) is 0 Å². The quantitative estimate of drug-likeness (QED) is 0.546. The van der Waals surface area contributed by atoms with Crippen LogP contribution in [0.25, 0.3) is 9.53 Å². The molecule has 3 aromatic rings. The van der Waals surface area contributed by atoms with Crippen LogP contribution in [0.1, 0.15) is 23.0 Å². The topological polar surface area (TPSA) is 66.0 Å². The van der Waals surface area contributed by atoms with Crippen LogP contribution in [-0.2, 0) is 0 Å². The molecule has 1 saturated heterocycles. The summed E-state index contributed by atoms with van der Waals surface area (Å²) in [7, 11) is 0. The lowest BCUT2D eigenvalue weighted by Crippen LogP contribution is -2.48. The second kappa shape index (κ2) is 9.71. The Hall–Kier alpha value is -1.38. The first-order chi connectivity index (χ1) is 12.2. The third kappa shape index (κ3) is 5.12. The van der Waals surface area contributed by atoms with Crippen LogP contribution in [0.3, 0.4) is 0 Å². The Morgan fingerprint density at radius 1 is 1.22 bits per heavy atom. The third-order valence-electron chi connectivity index (χ3n) is 4.44. The van der Waals surface area contributed by atoms with Gasteiger partial charge in [0.2, 0.25) is 0 Å².